The zero-order valence-electron chi connectivity index (χ0n) is 13.7. The van der Waals surface area contributed by atoms with E-state index in [4.69, 9.17) is 0 Å². The molecule has 0 aromatic heterocycles. The highest BCUT2D eigenvalue weighted by Crippen LogP contribution is 2.39. The molecule has 114 valence electrons. The molecule has 0 amide bonds. The average Bonchev–Trinajstić information content (AvgIpc) is 3.24. The molecule has 0 N–H and O–H groups in total. The molecule has 0 atom stereocenters. The van der Waals surface area contributed by atoms with Gasteiger partial charge in [-0.05, 0) is 71.6 Å². The van der Waals surface area contributed by atoms with E-state index in [1.165, 1.54) is 44.6 Å². The van der Waals surface area contributed by atoms with Gasteiger partial charge in [-0.3, -0.25) is 0 Å². The van der Waals surface area contributed by atoms with Crippen LogP contribution in [0.4, 0.5) is 0 Å². The molecule has 0 radical (unpaired) electrons. The minimum absolute atomic E-state index is 0.969. The second-order valence-electron chi connectivity index (χ2n) is 6.71. The summed E-state index contributed by atoms with van der Waals surface area (Å²) in [5.74, 6) is 0. The number of allylic oxidation sites excluding steroid dienone is 10. The van der Waals surface area contributed by atoms with Gasteiger partial charge in [0.15, 0.2) is 0 Å². The fraction of sp³-hybridized carbons (Fsp3) is 0.217. The SMILES string of the molecule is C=C(CC1=CCC=C1C1=Cc2ccccc2C1)C1=C(C)CC=C1. The van der Waals surface area contributed by atoms with Crippen LogP contribution in [0.5, 0.6) is 0 Å². The van der Waals surface area contributed by atoms with Gasteiger partial charge in [-0.15, -0.1) is 0 Å². The topological polar surface area (TPSA) is 0 Å². The standard InChI is InChI=1S/C23H22/c1-16-7-5-11-22(16)17(2)13-20-10-6-12-23(20)21-14-18-8-3-4-9-19(18)15-21/h3-5,8-12,14H,2,6-7,13,15H2,1H3. The lowest BCUT2D eigenvalue weighted by Gasteiger charge is -2.13. The average molecular weight is 298 g/mol. The second kappa shape index (κ2) is 5.70. The van der Waals surface area contributed by atoms with Crippen molar-refractivity contribution in [1.82, 2.24) is 0 Å². The molecule has 0 nitrogen and oxygen atoms in total. The van der Waals surface area contributed by atoms with Crippen molar-refractivity contribution < 1.29 is 0 Å². The Morgan fingerprint density at radius 2 is 2.04 bits per heavy atom. The van der Waals surface area contributed by atoms with Crippen LogP contribution in [-0.2, 0) is 6.42 Å². The molecule has 0 saturated heterocycles. The van der Waals surface area contributed by atoms with Crippen LogP contribution in [0.2, 0.25) is 0 Å². The van der Waals surface area contributed by atoms with E-state index in [0.29, 0.717) is 0 Å². The minimum atomic E-state index is 0.969. The molecule has 0 saturated carbocycles. The zero-order valence-corrected chi connectivity index (χ0v) is 13.7. The smallest absolute Gasteiger partial charge is 0.00137 e. The van der Waals surface area contributed by atoms with Crippen LogP contribution in [0.3, 0.4) is 0 Å². The molecule has 1 aromatic carbocycles. The van der Waals surface area contributed by atoms with Crippen molar-refractivity contribution in [3.63, 3.8) is 0 Å². The molecule has 0 fully saturated rings. The summed E-state index contributed by atoms with van der Waals surface area (Å²) < 4.78 is 0. The predicted octanol–water partition coefficient (Wildman–Crippen LogP) is 6.11. The summed E-state index contributed by atoms with van der Waals surface area (Å²) in [6.07, 6.45) is 15.8. The third-order valence-electron chi connectivity index (χ3n) is 5.10. The molecular weight excluding hydrogens is 276 g/mol. The summed E-state index contributed by atoms with van der Waals surface area (Å²) in [6, 6.07) is 8.73. The second-order valence-corrected chi connectivity index (χ2v) is 6.71. The van der Waals surface area contributed by atoms with Crippen molar-refractivity contribution >= 4 is 6.08 Å². The van der Waals surface area contributed by atoms with Crippen molar-refractivity contribution in [3.8, 4) is 0 Å². The monoisotopic (exact) mass is 298 g/mol. The van der Waals surface area contributed by atoms with E-state index < -0.39 is 0 Å². The maximum atomic E-state index is 4.35. The van der Waals surface area contributed by atoms with E-state index in [1.54, 1.807) is 0 Å². The number of fused-ring (bicyclic) bond motifs is 1. The number of hydrogen-bond donors (Lipinski definition) is 0. The molecule has 0 heteroatoms. The van der Waals surface area contributed by atoms with Crippen molar-refractivity contribution in [2.75, 3.05) is 0 Å². The van der Waals surface area contributed by atoms with E-state index in [2.05, 4.69) is 68.1 Å². The molecule has 0 spiro atoms. The molecule has 1 aromatic rings. The van der Waals surface area contributed by atoms with Gasteiger partial charge in [0.2, 0.25) is 0 Å². The van der Waals surface area contributed by atoms with E-state index in [-0.39, 0.29) is 0 Å². The quantitative estimate of drug-likeness (QED) is 0.629. The van der Waals surface area contributed by atoms with Gasteiger partial charge in [-0.1, -0.05) is 66.8 Å². The number of benzene rings is 1. The van der Waals surface area contributed by atoms with Crippen molar-refractivity contribution in [3.05, 3.63) is 99.7 Å². The van der Waals surface area contributed by atoms with E-state index in [9.17, 15) is 0 Å². The zero-order chi connectivity index (χ0) is 15.8. The van der Waals surface area contributed by atoms with Crippen LogP contribution >= 0.6 is 0 Å². The van der Waals surface area contributed by atoms with Crippen molar-refractivity contribution in [1.29, 1.82) is 0 Å². The van der Waals surface area contributed by atoms with Crippen molar-refractivity contribution in [2.24, 2.45) is 0 Å². The van der Waals surface area contributed by atoms with E-state index in [0.717, 1.165) is 25.7 Å². The number of rotatable bonds is 4. The van der Waals surface area contributed by atoms with Crippen LogP contribution in [0.1, 0.15) is 37.3 Å². The summed E-state index contributed by atoms with van der Waals surface area (Å²) in [4.78, 5) is 0. The molecule has 0 bridgehead atoms. The minimum Gasteiger partial charge on any atom is -0.0949 e. The highest BCUT2D eigenvalue weighted by molar-refractivity contribution is 5.72. The molecule has 3 aliphatic rings. The molecule has 0 heterocycles. The first-order chi connectivity index (χ1) is 11.2. The van der Waals surface area contributed by atoms with Gasteiger partial charge >= 0.3 is 0 Å². The first-order valence-electron chi connectivity index (χ1n) is 8.45. The van der Waals surface area contributed by atoms with Gasteiger partial charge in [-0.2, -0.15) is 0 Å². The van der Waals surface area contributed by atoms with Gasteiger partial charge in [0, 0.05) is 0 Å². The van der Waals surface area contributed by atoms with Crippen LogP contribution in [0.25, 0.3) is 6.08 Å². The summed E-state index contributed by atoms with van der Waals surface area (Å²) in [5.41, 5.74) is 11.3. The van der Waals surface area contributed by atoms with Crippen LogP contribution in [-0.4, -0.2) is 0 Å². The lowest BCUT2D eigenvalue weighted by molar-refractivity contribution is 1.11. The Hall–Kier alpha value is -2.34. The van der Waals surface area contributed by atoms with E-state index >= 15 is 0 Å². The maximum Gasteiger partial charge on any atom is -0.00137 e. The fourth-order valence-corrected chi connectivity index (χ4v) is 3.87. The first-order valence-corrected chi connectivity index (χ1v) is 8.45. The Kier molecular flexibility index (Phi) is 3.53. The van der Waals surface area contributed by atoms with Gasteiger partial charge in [-0.25, -0.2) is 0 Å². The Labute approximate surface area is 138 Å². The lowest BCUT2D eigenvalue weighted by atomic mass is 9.91. The predicted molar refractivity (Wildman–Crippen MR) is 99.1 cm³/mol. The van der Waals surface area contributed by atoms with Crippen molar-refractivity contribution in [2.45, 2.75) is 32.6 Å². The normalized spacial score (nSPS) is 18.9. The molecule has 3 aliphatic carbocycles. The molecule has 0 aliphatic heterocycles. The third kappa shape index (κ3) is 2.59. The summed E-state index contributed by atoms with van der Waals surface area (Å²) in [7, 11) is 0. The molecule has 4 rings (SSSR count). The first kappa shape index (κ1) is 14.3. The Balaban J connectivity index is 1.54. The summed E-state index contributed by atoms with van der Waals surface area (Å²) >= 11 is 0. The largest absolute Gasteiger partial charge is 0.0949 e. The highest BCUT2D eigenvalue weighted by Gasteiger charge is 2.21. The molecule has 23 heavy (non-hydrogen) atoms. The van der Waals surface area contributed by atoms with Gasteiger partial charge in [0.25, 0.3) is 0 Å². The van der Waals surface area contributed by atoms with Gasteiger partial charge in [0.05, 0.1) is 0 Å². The van der Waals surface area contributed by atoms with Crippen LogP contribution in [0.15, 0.2) is 88.6 Å². The highest BCUT2D eigenvalue weighted by atomic mass is 14.3. The maximum absolute atomic E-state index is 4.35. The van der Waals surface area contributed by atoms with Crippen LogP contribution in [0, 0.1) is 0 Å². The molecular formula is C23H22. The lowest BCUT2D eigenvalue weighted by Crippen LogP contribution is -1.96. The fourth-order valence-electron chi connectivity index (χ4n) is 3.87. The summed E-state index contributed by atoms with van der Waals surface area (Å²) in [5, 5.41) is 0. The Bertz CT molecular complexity index is 835. The number of hydrogen-bond acceptors (Lipinski definition) is 0. The van der Waals surface area contributed by atoms with Gasteiger partial charge < -0.3 is 0 Å². The third-order valence-corrected chi connectivity index (χ3v) is 5.10. The van der Waals surface area contributed by atoms with Crippen LogP contribution < -0.4 is 0 Å². The summed E-state index contributed by atoms with van der Waals surface area (Å²) in [6.45, 7) is 6.57. The Morgan fingerprint density at radius 3 is 2.83 bits per heavy atom. The Morgan fingerprint density at radius 1 is 1.17 bits per heavy atom. The van der Waals surface area contributed by atoms with Gasteiger partial charge in [0.1, 0.15) is 0 Å². The van der Waals surface area contributed by atoms with E-state index in [1.807, 2.05) is 0 Å². The molecule has 0 unspecified atom stereocenters.